The monoisotopic (exact) mass is 713 g/mol. The van der Waals surface area contributed by atoms with Gasteiger partial charge in [0.25, 0.3) is 0 Å². The Bertz CT molecular complexity index is 1940. The number of aldehydes is 1. The molecule has 6 atom stereocenters. The van der Waals surface area contributed by atoms with Gasteiger partial charge in [0.05, 0.1) is 19.3 Å². The maximum absolute atomic E-state index is 13.8. The number of aliphatic hydroxyl groups is 4. The second-order valence-electron chi connectivity index (χ2n) is 14.4. The Labute approximate surface area is 310 Å². The maximum Gasteiger partial charge on any atom is 0.150 e. The molecular weight excluding hydrogens is 666 g/mol. The van der Waals surface area contributed by atoms with Gasteiger partial charge in [-0.25, -0.2) is 0 Å². The number of benzene rings is 5. The van der Waals surface area contributed by atoms with Crippen LogP contribution in [-0.2, 0) is 35.2 Å². The van der Waals surface area contributed by atoms with E-state index in [0.29, 0.717) is 59.8 Å². The van der Waals surface area contributed by atoms with Gasteiger partial charge < -0.3 is 34.8 Å². The fraction of sp³-hybridized carbons (Fsp3) is 0.311. The second-order valence-corrected chi connectivity index (χ2v) is 14.4. The zero-order valence-corrected chi connectivity index (χ0v) is 29.7. The molecule has 7 rings (SSSR count). The molecule has 0 aromatic heterocycles. The van der Waals surface area contributed by atoms with Gasteiger partial charge in [0.2, 0.25) is 0 Å². The SMILES string of the molecule is O=Cc1ccc(N2CCOCC2)c([C@@H]2O[C@H](C(O)Cc3ccccc3)[C@](O)(Cc3ccccc3)[C@@](O)(Cc3ccccc3)[C@]2(O)Cc2ccccc2)c1. The van der Waals surface area contributed by atoms with Crippen LogP contribution in [0, 0.1) is 0 Å². The van der Waals surface area contributed by atoms with Crippen molar-refractivity contribution in [3.63, 3.8) is 0 Å². The number of hydrogen-bond acceptors (Lipinski definition) is 8. The van der Waals surface area contributed by atoms with Crippen LogP contribution in [0.4, 0.5) is 5.69 Å². The largest absolute Gasteiger partial charge is 0.390 e. The molecule has 0 saturated carbocycles. The molecule has 0 aliphatic carbocycles. The highest BCUT2D eigenvalue weighted by molar-refractivity contribution is 5.77. The van der Waals surface area contributed by atoms with E-state index in [-0.39, 0.29) is 25.7 Å². The first-order valence-corrected chi connectivity index (χ1v) is 18.3. The van der Waals surface area contributed by atoms with Gasteiger partial charge >= 0.3 is 0 Å². The number of ether oxygens (including phenoxy) is 2. The van der Waals surface area contributed by atoms with Gasteiger partial charge in [0.1, 0.15) is 35.3 Å². The molecule has 1 unspecified atom stereocenters. The van der Waals surface area contributed by atoms with Gasteiger partial charge in [-0.3, -0.25) is 4.79 Å². The summed E-state index contributed by atoms with van der Waals surface area (Å²) in [4.78, 5) is 14.5. The van der Waals surface area contributed by atoms with Crippen molar-refractivity contribution in [1.29, 1.82) is 0 Å². The normalized spacial score (nSPS) is 26.5. The standard InChI is InChI=1S/C45H47NO7/c47-32-37-21-22-39(46-23-25-52-26-24-46)38(27-37)41-43(49,29-34-15-7-2-8-16-34)45(51,31-36-19-11-4-12-20-36)44(50,30-35-17-9-3-10-18-35)42(53-41)40(48)28-33-13-5-1-6-14-33/h1-22,27,32,40-42,48-51H,23-26,28-31H2/t40?,41-,42+,43-,44+,45+/m0/s1. The fourth-order valence-electron chi connectivity index (χ4n) is 8.35. The third-order valence-corrected chi connectivity index (χ3v) is 11.0. The minimum atomic E-state index is -2.35. The van der Waals surface area contributed by atoms with Crippen LogP contribution in [0.2, 0.25) is 0 Å². The molecular formula is C45H47NO7. The van der Waals surface area contributed by atoms with Gasteiger partial charge in [-0.15, -0.1) is 0 Å². The van der Waals surface area contributed by atoms with Gasteiger partial charge in [-0.2, -0.15) is 0 Å². The molecule has 53 heavy (non-hydrogen) atoms. The smallest absolute Gasteiger partial charge is 0.150 e. The molecule has 0 spiro atoms. The summed E-state index contributed by atoms with van der Waals surface area (Å²) >= 11 is 0. The number of rotatable bonds is 12. The van der Waals surface area contributed by atoms with E-state index < -0.39 is 35.1 Å². The Hall–Kier alpha value is -4.67. The topological polar surface area (TPSA) is 120 Å². The zero-order chi connectivity index (χ0) is 36.9. The third-order valence-electron chi connectivity index (χ3n) is 11.0. The van der Waals surface area contributed by atoms with E-state index in [1.807, 2.05) is 127 Å². The molecule has 2 heterocycles. The van der Waals surface area contributed by atoms with Gasteiger partial charge in [-0.1, -0.05) is 121 Å². The number of carbonyl (C=O) groups is 1. The van der Waals surface area contributed by atoms with Gasteiger partial charge in [0.15, 0.2) is 0 Å². The molecule has 4 N–H and O–H groups in total. The molecule has 2 saturated heterocycles. The van der Waals surface area contributed by atoms with Crippen molar-refractivity contribution >= 4 is 12.0 Å². The first-order chi connectivity index (χ1) is 25.7. The molecule has 0 radical (unpaired) electrons. The summed E-state index contributed by atoms with van der Waals surface area (Å²) in [7, 11) is 0. The lowest BCUT2D eigenvalue weighted by Crippen LogP contribution is -2.81. The number of aliphatic hydroxyl groups excluding tert-OH is 1. The van der Waals surface area contributed by atoms with Crippen LogP contribution in [0.1, 0.15) is 44.3 Å². The minimum absolute atomic E-state index is 0.110. The summed E-state index contributed by atoms with van der Waals surface area (Å²) in [6, 6.07) is 42.6. The van der Waals surface area contributed by atoms with Gasteiger partial charge in [0, 0.05) is 55.6 Å². The van der Waals surface area contributed by atoms with Crippen LogP contribution >= 0.6 is 0 Å². The second kappa shape index (κ2) is 15.7. The summed E-state index contributed by atoms with van der Waals surface area (Å²) in [6.07, 6.45) is -3.62. The molecule has 2 fully saturated rings. The predicted molar refractivity (Wildman–Crippen MR) is 204 cm³/mol. The quantitative estimate of drug-likeness (QED) is 0.129. The fourth-order valence-corrected chi connectivity index (χ4v) is 8.35. The van der Waals surface area contributed by atoms with Crippen molar-refractivity contribution in [3.8, 4) is 0 Å². The van der Waals surface area contributed by atoms with Crippen LogP contribution < -0.4 is 4.90 Å². The molecule has 2 aliphatic rings. The zero-order valence-electron chi connectivity index (χ0n) is 29.7. The van der Waals surface area contributed by atoms with Crippen LogP contribution in [0.5, 0.6) is 0 Å². The number of anilines is 1. The number of morpholine rings is 1. The number of hydrogen-bond donors (Lipinski definition) is 4. The van der Waals surface area contributed by atoms with E-state index in [1.165, 1.54) is 0 Å². The maximum atomic E-state index is 13.8. The summed E-state index contributed by atoms with van der Waals surface area (Å²) in [5.41, 5.74) is -2.38. The summed E-state index contributed by atoms with van der Waals surface area (Å²) in [5.74, 6) is 0. The van der Waals surface area contributed by atoms with E-state index in [2.05, 4.69) is 4.90 Å². The lowest BCUT2D eigenvalue weighted by atomic mass is 9.56. The Morgan fingerprint density at radius 2 is 1.15 bits per heavy atom. The number of carbonyl (C=O) groups excluding carboxylic acids is 1. The van der Waals surface area contributed by atoms with E-state index >= 15 is 0 Å². The highest BCUT2D eigenvalue weighted by atomic mass is 16.6. The summed E-state index contributed by atoms with van der Waals surface area (Å²) < 4.78 is 12.7. The summed E-state index contributed by atoms with van der Waals surface area (Å²) in [6.45, 7) is 2.09. The van der Waals surface area contributed by atoms with Crippen molar-refractivity contribution in [2.75, 3.05) is 31.2 Å². The molecule has 8 nitrogen and oxygen atoms in total. The number of nitrogens with zero attached hydrogens (tertiary/aromatic N) is 1. The molecule has 5 aromatic rings. The van der Waals surface area contributed by atoms with Crippen LogP contribution in [0.15, 0.2) is 140 Å². The third kappa shape index (κ3) is 7.31. The van der Waals surface area contributed by atoms with E-state index in [9.17, 15) is 25.2 Å². The lowest BCUT2D eigenvalue weighted by Gasteiger charge is -2.63. The van der Waals surface area contributed by atoms with Crippen molar-refractivity contribution < 1.29 is 34.7 Å². The van der Waals surface area contributed by atoms with Crippen molar-refractivity contribution in [2.24, 2.45) is 0 Å². The molecule has 8 heteroatoms. The Morgan fingerprint density at radius 3 is 1.68 bits per heavy atom. The summed E-state index contributed by atoms with van der Waals surface area (Å²) in [5, 5.41) is 53.4. The van der Waals surface area contributed by atoms with E-state index in [0.717, 1.165) is 11.8 Å². The molecule has 0 amide bonds. The van der Waals surface area contributed by atoms with Crippen molar-refractivity contribution in [2.45, 2.75) is 60.8 Å². The lowest BCUT2D eigenvalue weighted by molar-refractivity contribution is -0.368. The molecule has 5 aromatic carbocycles. The predicted octanol–water partition coefficient (Wildman–Crippen LogP) is 5.30. The Kier molecular flexibility index (Phi) is 10.9. The highest BCUT2D eigenvalue weighted by Gasteiger charge is 2.72. The van der Waals surface area contributed by atoms with Crippen LogP contribution in [0.25, 0.3) is 0 Å². The van der Waals surface area contributed by atoms with E-state index in [1.54, 1.807) is 12.1 Å². The highest BCUT2D eigenvalue weighted by Crippen LogP contribution is 2.56. The first-order valence-electron chi connectivity index (χ1n) is 18.3. The Morgan fingerprint density at radius 1 is 0.660 bits per heavy atom. The first kappa shape index (κ1) is 36.7. The molecule has 2 aliphatic heterocycles. The van der Waals surface area contributed by atoms with Crippen molar-refractivity contribution in [1.82, 2.24) is 0 Å². The molecule has 274 valence electrons. The van der Waals surface area contributed by atoms with E-state index in [4.69, 9.17) is 9.47 Å². The average Bonchev–Trinajstić information content (AvgIpc) is 3.19. The van der Waals surface area contributed by atoms with Gasteiger partial charge in [-0.05, 0) is 40.5 Å². The van der Waals surface area contributed by atoms with Crippen molar-refractivity contribution in [3.05, 3.63) is 173 Å². The minimum Gasteiger partial charge on any atom is -0.390 e. The average molecular weight is 714 g/mol. The Balaban J connectivity index is 1.50. The van der Waals surface area contributed by atoms with Crippen LogP contribution in [-0.4, -0.2) is 82.0 Å². The van der Waals surface area contributed by atoms with Crippen LogP contribution in [0.3, 0.4) is 0 Å². The molecule has 0 bridgehead atoms.